The molecular weight excluding hydrogens is 402 g/mol. The number of piperidine rings is 1. The molecular formula is C21H25N5O3S. The lowest BCUT2D eigenvalue weighted by atomic mass is 9.97. The van der Waals surface area contributed by atoms with Gasteiger partial charge in [0.25, 0.3) is 0 Å². The van der Waals surface area contributed by atoms with Crippen LogP contribution in [-0.4, -0.2) is 41.5 Å². The number of nitrogens with one attached hydrogen (secondary N) is 1. The van der Waals surface area contributed by atoms with Gasteiger partial charge in [-0.25, -0.2) is 13.1 Å². The summed E-state index contributed by atoms with van der Waals surface area (Å²) in [4.78, 5) is 12.9. The summed E-state index contributed by atoms with van der Waals surface area (Å²) >= 11 is 0. The van der Waals surface area contributed by atoms with E-state index in [1.165, 1.54) is 29.3 Å². The molecule has 30 heavy (non-hydrogen) atoms. The van der Waals surface area contributed by atoms with Crippen LogP contribution < -0.4 is 5.32 Å². The van der Waals surface area contributed by atoms with Crippen molar-refractivity contribution in [3.8, 4) is 6.07 Å². The fraction of sp³-hybridized carbons (Fsp3) is 0.476. The average Bonchev–Trinajstić information content (AvgIpc) is 3.52. The summed E-state index contributed by atoms with van der Waals surface area (Å²) in [5.41, 5.74) is 1.06. The van der Waals surface area contributed by atoms with E-state index in [-0.39, 0.29) is 35.4 Å². The maximum absolute atomic E-state index is 13.0. The third kappa shape index (κ3) is 4.11. The molecule has 8 nitrogen and oxygen atoms in total. The van der Waals surface area contributed by atoms with Gasteiger partial charge in [0.2, 0.25) is 15.9 Å². The standard InChI is InChI=1S/C21H25N5O3S/c1-15-13-23-26(14-16-6-7-16)20(15)24-21(27)17-8-10-25(11-9-17)30(28,29)19-5-3-2-4-18(19)12-22/h2-5,13,16-17H,6-11,14H2,1H3,(H,24,27). The summed E-state index contributed by atoms with van der Waals surface area (Å²) in [6.45, 7) is 3.24. The number of hydrogen-bond donors (Lipinski definition) is 1. The number of amides is 1. The minimum absolute atomic E-state index is 0.0232. The van der Waals surface area contributed by atoms with Gasteiger partial charge in [-0.3, -0.25) is 4.79 Å². The highest BCUT2D eigenvalue weighted by Crippen LogP contribution is 2.32. The van der Waals surface area contributed by atoms with E-state index in [4.69, 9.17) is 0 Å². The van der Waals surface area contributed by atoms with Gasteiger partial charge in [0.05, 0.1) is 16.7 Å². The minimum atomic E-state index is -3.76. The van der Waals surface area contributed by atoms with Gasteiger partial charge in [-0.15, -0.1) is 0 Å². The Morgan fingerprint density at radius 3 is 2.60 bits per heavy atom. The van der Waals surface area contributed by atoms with Crippen molar-refractivity contribution in [2.75, 3.05) is 18.4 Å². The number of carbonyl (C=O) groups is 1. The SMILES string of the molecule is Cc1cnn(CC2CC2)c1NC(=O)C1CCN(S(=O)(=O)c2ccccc2C#N)CC1. The van der Waals surface area contributed by atoms with Crippen LogP contribution in [0.15, 0.2) is 35.4 Å². The maximum Gasteiger partial charge on any atom is 0.244 e. The van der Waals surface area contributed by atoms with Crippen LogP contribution in [0.1, 0.15) is 36.8 Å². The number of rotatable bonds is 6. The second-order valence-electron chi connectivity index (χ2n) is 8.08. The minimum Gasteiger partial charge on any atom is -0.310 e. The number of nitriles is 1. The van der Waals surface area contributed by atoms with Crippen LogP contribution in [0.5, 0.6) is 0 Å². The molecule has 4 rings (SSSR count). The number of benzene rings is 1. The Morgan fingerprint density at radius 1 is 1.23 bits per heavy atom. The molecule has 0 radical (unpaired) electrons. The monoisotopic (exact) mass is 427 g/mol. The summed E-state index contributed by atoms with van der Waals surface area (Å²) in [5.74, 6) is 1.03. The first-order chi connectivity index (χ1) is 14.4. The van der Waals surface area contributed by atoms with Crippen LogP contribution in [-0.2, 0) is 21.4 Å². The van der Waals surface area contributed by atoms with E-state index in [9.17, 15) is 18.5 Å². The van der Waals surface area contributed by atoms with E-state index >= 15 is 0 Å². The molecule has 0 unspecified atom stereocenters. The molecule has 2 heterocycles. The van der Waals surface area contributed by atoms with Crippen LogP contribution in [0.4, 0.5) is 5.82 Å². The van der Waals surface area contributed by atoms with Crippen LogP contribution in [0.3, 0.4) is 0 Å². The molecule has 1 aliphatic carbocycles. The lowest BCUT2D eigenvalue weighted by molar-refractivity contribution is -0.121. The molecule has 1 aliphatic heterocycles. The van der Waals surface area contributed by atoms with Crippen molar-refractivity contribution in [1.82, 2.24) is 14.1 Å². The predicted octanol–water partition coefficient (Wildman–Crippen LogP) is 2.51. The van der Waals surface area contributed by atoms with Crippen molar-refractivity contribution in [3.05, 3.63) is 41.6 Å². The van der Waals surface area contributed by atoms with Gasteiger partial charge in [0.15, 0.2) is 0 Å². The Kier molecular flexibility index (Phi) is 5.62. The zero-order chi connectivity index (χ0) is 21.3. The van der Waals surface area contributed by atoms with E-state index in [0.29, 0.717) is 18.8 Å². The fourth-order valence-electron chi connectivity index (χ4n) is 3.83. The number of aromatic nitrogens is 2. The van der Waals surface area contributed by atoms with Crippen molar-refractivity contribution < 1.29 is 13.2 Å². The summed E-state index contributed by atoms with van der Waals surface area (Å²) < 4.78 is 29.2. The third-order valence-corrected chi connectivity index (χ3v) is 7.80. The first-order valence-electron chi connectivity index (χ1n) is 10.2. The summed E-state index contributed by atoms with van der Waals surface area (Å²) in [6, 6.07) is 8.15. The molecule has 2 fully saturated rings. The van der Waals surface area contributed by atoms with E-state index in [0.717, 1.165) is 17.9 Å². The summed E-state index contributed by atoms with van der Waals surface area (Å²) in [5, 5.41) is 16.6. The molecule has 158 valence electrons. The first-order valence-corrected chi connectivity index (χ1v) is 11.7. The van der Waals surface area contributed by atoms with E-state index < -0.39 is 10.0 Å². The molecule has 1 N–H and O–H groups in total. The highest BCUT2D eigenvalue weighted by atomic mass is 32.2. The van der Waals surface area contributed by atoms with Crippen molar-refractivity contribution in [1.29, 1.82) is 5.26 Å². The second kappa shape index (κ2) is 8.20. The van der Waals surface area contributed by atoms with Gasteiger partial charge in [-0.05, 0) is 50.7 Å². The zero-order valence-electron chi connectivity index (χ0n) is 16.9. The van der Waals surface area contributed by atoms with E-state index in [1.807, 2.05) is 17.7 Å². The fourth-order valence-corrected chi connectivity index (χ4v) is 5.44. The van der Waals surface area contributed by atoms with Crippen molar-refractivity contribution in [3.63, 3.8) is 0 Å². The molecule has 1 saturated carbocycles. The number of sulfonamides is 1. The Balaban J connectivity index is 1.40. The van der Waals surface area contributed by atoms with Crippen LogP contribution in [0.25, 0.3) is 0 Å². The van der Waals surface area contributed by atoms with Crippen LogP contribution in [0, 0.1) is 30.1 Å². The summed E-state index contributed by atoms with van der Waals surface area (Å²) in [7, 11) is -3.76. The smallest absolute Gasteiger partial charge is 0.244 e. The quantitative estimate of drug-likeness (QED) is 0.762. The molecule has 0 bridgehead atoms. The molecule has 9 heteroatoms. The van der Waals surface area contributed by atoms with Gasteiger partial charge in [-0.2, -0.15) is 14.7 Å². The Bertz CT molecular complexity index is 1090. The van der Waals surface area contributed by atoms with Crippen LogP contribution in [0.2, 0.25) is 0 Å². The van der Waals surface area contributed by atoms with Gasteiger partial charge in [-0.1, -0.05) is 12.1 Å². The number of anilines is 1. The van der Waals surface area contributed by atoms with Gasteiger partial charge >= 0.3 is 0 Å². The molecule has 1 saturated heterocycles. The lowest BCUT2D eigenvalue weighted by Crippen LogP contribution is -2.41. The third-order valence-electron chi connectivity index (χ3n) is 5.84. The molecule has 1 aromatic carbocycles. The van der Waals surface area contributed by atoms with Crippen molar-refractivity contribution in [2.24, 2.45) is 11.8 Å². The van der Waals surface area contributed by atoms with E-state index in [2.05, 4.69) is 10.4 Å². The average molecular weight is 428 g/mol. The highest BCUT2D eigenvalue weighted by molar-refractivity contribution is 7.89. The molecule has 0 spiro atoms. The van der Waals surface area contributed by atoms with Gasteiger partial charge in [0, 0.05) is 31.1 Å². The molecule has 2 aliphatic rings. The molecule has 1 aromatic heterocycles. The Hall–Kier alpha value is -2.70. The predicted molar refractivity (Wildman–Crippen MR) is 111 cm³/mol. The number of carbonyl (C=O) groups excluding carboxylic acids is 1. The van der Waals surface area contributed by atoms with Crippen molar-refractivity contribution >= 4 is 21.7 Å². The Labute approximate surface area is 176 Å². The number of nitrogens with zero attached hydrogens (tertiary/aromatic N) is 4. The zero-order valence-corrected chi connectivity index (χ0v) is 17.7. The summed E-state index contributed by atoms with van der Waals surface area (Å²) in [6.07, 6.45) is 5.05. The highest BCUT2D eigenvalue weighted by Gasteiger charge is 2.34. The van der Waals surface area contributed by atoms with Crippen LogP contribution >= 0.6 is 0 Å². The Morgan fingerprint density at radius 2 is 1.93 bits per heavy atom. The number of hydrogen-bond acceptors (Lipinski definition) is 5. The van der Waals surface area contributed by atoms with Gasteiger partial charge in [0.1, 0.15) is 11.9 Å². The van der Waals surface area contributed by atoms with E-state index in [1.54, 1.807) is 18.3 Å². The van der Waals surface area contributed by atoms with Crippen molar-refractivity contribution in [2.45, 2.75) is 44.0 Å². The largest absolute Gasteiger partial charge is 0.310 e. The molecule has 0 atom stereocenters. The number of aryl methyl sites for hydroxylation is 1. The van der Waals surface area contributed by atoms with Gasteiger partial charge < -0.3 is 5.32 Å². The molecule has 2 aromatic rings. The normalized spacial score (nSPS) is 18.1. The second-order valence-corrected chi connectivity index (χ2v) is 9.98. The topological polar surface area (TPSA) is 108 Å². The lowest BCUT2D eigenvalue weighted by Gasteiger charge is -2.30. The molecule has 1 amide bonds. The first kappa shape index (κ1) is 20.6. The maximum atomic E-state index is 13.0.